The first-order valence-corrected chi connectivity index (χ1v) is 3.69. The lowest BCUT2D eigenvalue weighted by molar-refractivity contribution is -0.311. The molecule has 3 nitrogen and oxygen atoms in total. The molecule has 0 unspecified atom stereocenters. The summed E-state index contributed by atoms with van der Waals surface area (Å²) in [6, 6.07) is 0. The minimum absolute atomic E-state index is 1.95. The van der Waals surface area contributed by atoms with Crippen molar-refractivity contribution in [3.8, 4) is 0 Å². The van der Waals surface area contributed by atoms with Crippen LogP contribution < -0.4 is 0 Å². The van der Waals surface area contributed by atoms with Crippen LogP contribution >= 0.6 is 7.91 Å². The fourth-order valence-corrected chi connectivity index (χ4v) is 0.798. The Morgan fingerprint density at radius 3 is 1.23 bits per heavy atom. The molecule has 0 amide bonds. The standard InChI is InChI=1S/C2F7O3P/c3-1(4,5)11-13(9,10)12-2(6,7)8. The second-order valence-corrected chi connectivity index (χ2v) is 2.73. The largest absolute Gasteiger partial charge is 0.531 e. The van der Waals surface area contributed by atoms with Gasteiger partial charge in [-0.05, 0) is 0 Å². The zero-order valence-corrected chi connectivity index (χ0v) is 6.21. The molecule has 0 rings (SSSR count). The van der Waals surface area contributed by atoms with Crippen LogP contribution in [0.5, 0.6) is 0 Å². The predicted molar refractivity (Wildman–Crippen MR) is 23.0 cm³/mol. The Hall–Kier alpha value is -0.340. The molecular weight excluding hydrogens is 236 g/mol. The van der Waals surface area contributed by atoms with Crippen LogP contribution in [0.15, 0.2) is 0 Å². The summed E-state index contributed by atoms with van der Waals surface area (Å²) in [5, 5.41) is 0. The fourth-order valence-electron chi connectivity index (χ4n) is 0.266. The van der Waals surface area contributed by atoms with Crippen LogP contribution in [0.1, 0.15) is 0 Å². The highest BCUT2D eigenvalue weighted by atomic mass is 31.2. The molecule has 0 fully saturated rings. The Kier molecular flexibility index (Phi) is 3.34. The number of halogens is 7. The molecule has 0 aromatic heterocycles. The molecule has 80 valence electrons. The van der Waals surface area contributed by atoms with Crippen molar-refractivity contribution in [1.29, 1.82) is 0 Å². The predicted octanol–water partition coefficient (Wildman–Crippen LogP) is 3.14. The number of rotatable bonds is 2. The molecule has 0 saturated heterocycles. The van der Waals surface area contributed by atoms with E-state index >= 15 is 0 Å². The third-order valence-corrected chi connectivity index (χ3v) is 1.28. The number of hydrogen-bond donors (Lipinski definition) is 0. The summed E-state index contributed by atoms with van der Waals surface area (Å²) in [5.41, 5.74) is 0. The quantitative estimate of drug-likeness (QED) is 0.545. The van der Waals surface area contributed by atoms with E-state index in [0.717, 1.165) is 0 Å². The molecule has 0 spiro atoms. The van der Waals surface area contributed by atoms with Gasteiger partial charge >= 0.3 is 20.6 Å². The molecule has 0 bridgehead atoms. The molecule has 0 heterocycles. The smallest absolute Gasteiger partial charge is 0.223 e. The van der Waals surface area contributed by atoms with Crippen molar-refractivity contribution in [2.24, 2.45) is 0 Å². The molecular formula is C2F7O3P. The Labute approximate surface area is 66.1 Å². The number of alkyl halides is 6. The lowest BCUT2D eigenvalue weighted by Crippen LogP contribution is -2.16. The van der Waals surface area contributed by atoms with Gasteiger partial charge < -0.3 is 0 Å². The van der Waals surface area contributed by atoms with Gasteiger partial charge in [-0.3, -0.25) is 0 Å². The minimum atomic E-state index is -6.69. The number of hydrogen-bond acceptors (Lipinski definition) is 3. The van der Waals surface area contributed by atoms with E-state index in [2.05, 4.69) is 0 Å². The summed E-state index contributed by atoms with van der Waals surface area (Å²) in [6.45, 7) is 0. The van der Waals surface area contributed by atoms with E-state index in [1.54, 1.807) is 0 Å². The Bertz CT molecular complexity index is 197. The molecule has 0 saturated carbocycles. The van der Waals surface area contributed by atoms with Gasteiger partial charge in [0.1, 0.15) is 0 Å². The summed E-state index contributed by atoms with van der Waals surface area (Å²) in [6.07, 6.45) is -11.6. The van der Waals surface area contributed by atoms with Gasteiger partial charge in [0.2, 0.25) is 0 Å². The molecule has 0 aromatic carbocycles. The monoisotopic (exact) mass is 236 g/mol. The Morgan fingerprint density at radius 1 is 0.846 bits per heavy atom. The molecule has 11 heteroatoms. The first kappa shape index (κ1) is 12.7. The van der Waals surface area contributed by atoms with Crippen LogP contribution in [0.2, 0.25) is 0 Å². The third kappa shape index (κ3) is 8.00. The van der Waals surface area contributed by atoms with Gasteiger partial charge in [0.15, 0.2) is 0 Å². The maximum absolute atomic E-state index is 11.8. The second-order valence-electron chi connectivity index (χ2n) is 1.50. The van der Waals surface area contributed by atoms with E-state index in [0.29, 0.717) is 0 Å². The first-order valence-electron chi connectivity index (χ1n) is 2.26. The van der Waals surface area contributed by atoms with Gasteiger partial charge in [0.05, 0.1) is 0 Å². The molecule has 0 aliphatic carbocycles. The van der Waals surface area contributed by atoms with Gasteiger partial charge in [-0.2, -0.15) is 9.05 Å². The van der Waals surface area contributed by atoms with Gasteiger partial charge in [-0.1, -0.05) is 0 Å². The van der Waals surface area contributed by atoms with E-state index in [9.17, 15) is 35.1 Å². The zero-order chi connectivity index (χ0) is 10.9. The molecule has 0 aliphatic heterocycles. The third-order valence-electron chi connectivity index (χ3n) is 0.425. The molecule has 0 aliphatic rings. The lowest BCUT2D eigenvalue weighted by Gasteiger charge is -2.12. The van der Waals surface area contributed by atoms with Gasteiger partial charge in [0.25, 0.3) is 0 Å². The van der Waals surface area contributed by atoms with E-state index in [4.69, 9.17) is 0 Å². The molecule has 0 N–H and O–H groups in total. The maximum Gasteiger partial charge on any atom is 0.531 e. The summed E-state index contributed by atoms with van der Waals surface area (Å²) in [4.78, 5) is 0. The fraction of sp³-hybridized carbons (Fsp3) is 1.00. The molecule has 13 heavy (non-hydrogen) atoms. The zero-order valence-electron chi connectivity index (χ0n) is 5.32. The van der Waals surface area contributed by atoms with Crippen molar-refractivity contribution >= 4 is 7.91 Å². The molecule has 0 radical (unpaired) electrons. The van der Waals surface area contributed by atoms with Gasteiger partial charge in [-0.25, -0.2) is 4.57 Å². The average molecular weight is 236 g/mol. The van der Waals surface area contributed by atoms with Crippen LogP contribution in [0.3, 0.4) is 0 Å². The molecule has 0 aromatic rings. The van der Waals surface area contributed by atoms with E-state index in [-0.39, 0.29) is 0 Å². The summed E-state index contributed by atoms with van der Waals surface area (Å²) < 4.78 is 91.6. The highest BCUT2D eigenvalue weighted by molar-refractivity contribution is 7.48. The minimum Gasteiger partial charge on any atom is -0.223 e. The summed E-state index contributed by atoms with van der Waals surface area (Å²) in [5.74, 6) is 0. The van der Waals surface area contributed by atoms with Crippen molar-refractivity contribution in [2.75, 3.05) is 0 Å². The van der Waals surface area contributed by atoms with Crippen LogP contribution in [0.25, 0.3) is 0 Å². The van der Waals surface area contributed by atoms with Crippen molar-refractivity contribution in [1.82, 2.24) is 0 Å². The lowest BCUT2D eigenvalue weighted by atomic mass is 11.4. The van der Waals surface area contributed by atoms with Crippen LogP contribution in [0.4, 0.5) is 30.5 Å². The van der Waals surface area contributed by atoms with Crippen LogP contribution in [-0.4, -0.2) is 12.7 Å². The topological polar surface area (TPSA) is 35.5 Å². The maximum atomic E-state index is 11.8. The summed E-state index contributed by atoms with van der Waals surface area (Å²) >= 11 is 0. The van der Waals surface area contributed by atoms with Crippen molar-refractivity contribution in [2.45, 2.75) is 12.7 Å². The highest BCUT2D eigenvalue weighted by Gasteiger charge is 2.49. The van der Waals surface area contributed by atoms with Crippen molar-refractivity contribution < 1.29 is 44.2 Å². The first-order chi connectivity index (χ1) is 5.41. The van der Waals surface area contributed by atoms with E-state index in [1.807, 2.05) is 9.05 Å². The molecule has 0 atom stereocenters. The van der Waals surface area contributed by atoms with Gasteiger partial charge in [0, 0.05) is 0 Å². The average Bonchev–Trinajstić information content (AvgIpc) is 1.43. The van der Waals surface area contributed by atoms with Crippen molar-refractivity contribution in [3.05, 3.63) is 0 Å². The SMILES string of the molecule is O=P(F)(OC(F)(F)F)OC(F)(F)F. The van der Waals surface area contributed by atoms with E-state index < -0.39 is 20.6 Å². The summed E-state index contributed by atoms with van der Waals surface area (Å²) in [7, 11) is -6.69. The Balaban J connectivity index is 4.35. The second kappa shape index (κ2) is 3.43. The van der Waals surface area contributed by atoms with Crippen LogP contribution in [-0.2, 0) is 13.6 Å². The van der Waals surface area contributed by atoms with Gasteiger partial charge in [-0.15, -0.1) is 30.5 Å². The normalized spacial score (nSPS) is 14.7. The van der Waals surface area contributed by atoms with E-state index in [1.165, 1.54) is 0 Å². The Morgan fingerprint density at radius 2 is 1.08 bits per heavy atom. The highest BCUT2D eigenvalue weighted by Crippen LogP contribution is 2.57. The van der Waals surface area contributed by atoms with Crippen molar-refractivity contribution in [3.63, 3.8) is 0 Å². The van der Waals surface area contributed by atoms with Crippen LogP contribution in [0, 0.1) is 0 Å².